The van der Waals surface area contributed by atoms with E-state index in [0.717, 1.165) is 33.8 Å². The Morgan fingerprint density at radius 3 is 2.61 bits per heavy atom. The molecule has 4 atom stereocenters. The molecule has 2 amide bonds. The molecule has 11 nitrogen and oxygen atoms in total. The van der Waals surface area contributed by atoms with Crippen LogP contribution in [-0.2, 0) is 28.5 Å². The van der Waals surface area contributed by atoms with Gasteiger partial charge in [-0.1, -0.05) is 58.0 Å². The van der Waals surface area contributed by atoms with Crippen LogP contribution in [0, 0.1) is 12.8 Å². The summed E-state index contributed by atoms with van der Waals surface area (Å²) in [6.07, 6.45) is 0.119. The minimum Gasteiger partial charge on any atom is -0.469 e. The van der Waals surface area contributed by atoms with Gasteiger partial charge < -0.3 is 30.2 Å². The number of hydrogen-bond acceptors (Lipinski definition) is 8. The number of anilines is 1. The summed E-state index contributed by atoms with van der Waals surface area (Å²) >= 11 is 0. The van der Waals surface area contributed by atoms with Crippen LogP contribution in [0.3, 0.4) is 0 Å². The molecule has 11 heteroatoms. The first kappa shape index (κ1) is 30.0. The van der Waals surface area contributed by atoms with E-state index in [1.807, 2.05) is 70.3 Å². The molecule has 7 rings (SSSR count). The average molecular weight is 625 g/mol. The Morgan fingerprint density at radius 2 is 1.91 bits per heavy atom. The molecule has 4 N–H and O–H groups in total. The predicted molar refractivity (Wildman–Crippen MR) is 171 cm³/mol. The second-order valence-corrected chi connectivity index (χ2v) is 13.0. The Hall–Kier alpha value is -4.64. The van der Waals surface area contributed by atoms with Crippen LogP contribution >= 0.6 is 0 Å². The number of rotatable bonds is 6. The highest BCUT2D eigenvalue weighted by Gasteiger charge is 2.61. The van der Waals surface area contributed by atoms with E-state index in [1.165, 1.54) is 0 Å². The van der Waals surface area contributed by atoms with E-state index < -0.39 is 41.1 Å². The van der Waals surface area contributed by atoms with Gasteiger partial charge in [-0.2, -0.15) is 5.10 Å². The van der Waals surface area contributed by atoms with Gasteiger partial charge in [0.2, 0.25) is 11.8 Å². The van der Waals surface area contributed by atoms with Gasteiger partial charge in [-0.3, -0.25) is 14.3 Å². The molecule has 1 unspecified atom stereocenters. The summed E-state index contributed by atoms with van der Waals surface area (Å²) in [5.74, 6) is 0.554. The fourth-order valence-electron chi connectivity index (χ4n) is 7.17. The highest BCUT2D eigenvalue weighted by Crippen LogP contribution is 2.59. The number of fused-ring (bicyclic) bond motifs is 4. The lowest BCUT2D eigenvalue weighted by Gasteiger charge is -2.30. The van der Waals surface area contributed by atoms with Crippen molar-refractivity contribution in [2.45, 2.75) is 83.2 Å². The number of aryl methyl sites for hydroxylation is 2. The van der Waals surface area contributed by atoms with Crippen molar-refractivity contribution in [3.05, 3.63) is 82.6 Å². The topological polar surface area (TPSA) is 144 Å². The molecule has 0 saturated heterocycles. The number of oxazole rings is 1. The van der Waals surface area contributed by atoms with E-state index >= 15 is 0 Å². The van der Waals surface area contributed by atoms with Gasteiger partial charge in [-0.25, -0.2) is 4.98 Å². The second-order valence-electron chi connectivity index (χ2n) is 13.0. The molecule has 0 radical (unpaired) electrons. The van der Waals surface area contributed by atoms with E-state index in [4.69, 9.17) is 14.1 Å². The van der Waals surface area contributed by atoms with Gasteiger partial charge in [-0.15, -0.1) is 0 Å². The van der Waals surface area contributed by atoms with Crippen molar-refractivity contribution >= 4 is 17.5 Å². The van der Waals surface area contributed by atoms with Crippen molar-refractivity contribution in [1.29, 1.82) is 0 Å². The Morgan fingerprint density at radius 1 is 1.15 bits per heavy atom. The van der Waals surface area contributed by atoms with Gasteiger partial charge in [0.25, 0.3) is 5.91 Å². The normalized spacial score (nSPS) is 23.0. The van der Waals surface area contributed by atoms with E-state index in [-0.39, 0.29) is 25.2 Å². The Kier molecular flexibility index (Phi) is 7.00. The maximum atomic E-state index is 14.1. The molecule has 2 aromatic heterocycles. The summed E-state index contributed by atoms with van der Waals surface area (Å²) in [4.78, 5) is 32.6. The molecular weight excluding hydrogens is 584 g/mol. The number of aliphatic hydroxyl groups is 1. The molecule has 240 valence electrons. The maximum absolute atomic E-state index is 14.1. The highest BCUT2D eigenvalue weighted by atomic mass is 16.5. The first-order valence-electron chi connectivity index (χ1n) is 16.0. The summed E-state index contributed by atoms with van der Waals surface area (Å²) in [6.45, 7) is 9.42. The standard InChI is InChI=1S/C35H40N6O5/c1-7-34(44,8-2)32(43)36-24-17-20-13-14-26-22(16-20)35(21-11-9-10-12-23(21)37-33(35)45-26)29-28(25-15-19(5)40-41(25)6)39-31(46-29)27(18(3)4)38-30(24)42/h9-16,18,24,27,33,37,44H,7-8,17H2,1-6H3,(H,36,43)(H,38,42)/t24-,27-,33-,35?/m0/s1. The van der Waals surface area contributed by atoms with Crippen LogP contribution < -0.4 is 20.7 Å². The Balaban J connectivity index is 1.49. The minimum atomic E-state index is -1.59. The molecule has 5 heterocycles. The zero-order chi connectivity index (χ0) is 32.5. The summed E-state index contributed by atoms with van der Waals surface area (Å²) in [6, 6.07) is 14.4. The molecule has 4 aromatic rings. The van der Waals surface area contributed by atoms with Crippen LogP contribution in [0.1, 0.15) is 80.6 Å². The summed E-state index contributed by atoms with van der Waals surface area (Å²) in [5.41, 5.74) is 3.33. The van der Waals surface area contributed by atoms with E-state index in [0.29, 0.717) is 23.1 Å². The number of hydrogen-bond donors (Lipinski definition) is 4. The zero-order valence-corrected chi connectivity index (χ0v) is 27.0. The predicted octanol–water partition coefficient (Wildman–Crippen LogP) is 4.27. The molecule has 3 aliphatic heterocycles. The third-order valence-electron chi connectivity index (χ3n) is 9.88. The molecule has 0 fully saturated rings. The largest absolute Gasteiger partial charge is 0.469 e. The quantitative estimate of drug-likeness (QED) is 0.249. The smallest absolute Gasteiger partial charge is 0.252 e. The molecule has 3 aliphatic rings. The number of nitrogens with one attached hydrogen (secondary N) is 3. The van der Waals surface area contributed by atoms with Crippen molar-refractivity contribution in [3.63, 3.8) is 0 Å². The summed E-state index contributed by atoms with van der Waals surface area (Å²) in [7, 11) is 1.88. The van der Waals surface area contributed by atoms with Gasteiger partial charge in [0.1, 0.15) is 34.5 Å². The number of aromatic nitrogens is 3. The number of carbonyl (C=O) groups is 2. The number of ether oxygens (including phenoxy) is 1. The molecule has 0 aliphatic carbocycles. The number of carbonyl (C=O) groups excluding carboxylic acids is 2. The molecule has 2 aromatic carbocycles. The lowest BCUT2D eigenvalue weighted by Crippen LogP contribution is -2.55. The van der Waals surface area contributed by atoms with Crippen LogP contribution in [0.25, 0.3) is 11.4 Å². The van der Waals surface area contributed by atoms with Gasteiger partial charge in [0, 0.05) is 24.7 Å². The van der Waals surface area contributed by atoms with E-state index in [1.54, 1.807) is 18.5 Å². The van der Waals surface area contributed by atoms with Gasteiger partial charge in [0.15, 0.2) is 12.0 Å². The first-order chi connectivity index (χ1) is 22.0. The van der Waals surface area contributed by atoms with Crippen molar-refractivity contribution in [3.8, 4) is 17.1 Å². The van der Waals surface area contributed by atoms with Crippen LogP contribution in [0.2, 0.25) is 0 Å². The van der Waals surface area contributed by atoms with Gasteiger partial charge in [0.05, 0.1) is 11.4 Å². The monoisotopic (exact) mass is 624 g/mol. The highest BCUT2D eigenvalue weighted by molar-refractivity contribution is 5.91. The Bertz CT molecular complexity index is 1860. The minimum absolute atomic E-state index is 0.116. The molecule has 46 heavy (non-hydrogen) atoms. The average Bonchev–Trinajstić information content (AvgIpc) is 3.77. The van der Waals surface area contributed by atoms with Crippen molar-refractivity contribution < 1.29 is 23.8 Å². The molecule has 1 spiro atoms. The lowest BCUT2D eigenvalue weighted by molar-refractivity contribution is -0.143. The summed E-state index contributed by atoms with van der Waals surface area (Å²) < 4.78 is 15.4. The number of amides is 2. The fraction of sp³-hybridized carbons (Fsp3) is 0.429. The van der Waals surface area contributed by atoms with Gasteiger partial charge >= 0.3 is 0 Å². The van der Waals surface area contributed by atoms with Gasteiger partial charge in [-0.05, 0) is 55.0 Å². The van der Waals surface area contributed by atoms with Crippen molar-refractivity contribution in [1.82, 2.24) is 25.4 Å². The molecular formula is C35H40N6O5. The van der Waals surface area contributed by atoms with Crippen molar-refractivity contribution in [2.24, 2.45) is 13.0 Å². The Labute approximate surface area is 267 Å². The molecule has 0 saturated carbocycles. The van der Waals surface area contributed by atoms with Crippen LogP contribution in [0.5, 0.6) is 5.75 Å². The second kappa shape index (κ2) is 10.7. The van der Waals surface area contributed by atoms with Crippen LogP contribution in [-0.4, -0.2) is 49.6 Å². The maximum Gasteiger partial charge on any atom is 0.252 e. The van der Waals surface area contributed by atoms with Crippen LogP contribution in [0.15, 0.2) is 52.9 Å². The van der Waals surface area contributed by atoms with Crippen LogP contribution in [0.4, 0.5) is 5.69 Å². The summed E-state index contributed by atoms with van der Waals surface area (Å²) in [5, 5.41) is 25.2. The fourth-order valence-corrected chi connectivity index (χ4v) is 7.17. The third kappa shape index (κ3) is 4.35. The number of nitrogens with zero attached hydrogens (tertiary/aromatic N) is 3. The van der Waals surface area contributed by atoms with E-state index in [2.05, 4.69) is 27.1 Å². The lowest BCUT2D eigenvalue weighted by atomic mass is 9.72. The van der Waals surface area contributed by atoms with E-state index in [9.17, 15) is 14.7 Å². The first-order valence-corrected chi connectivity index (χ1v) is 16.0. The zero-order valence-electron chi connectivity index (χ0n) is 27.0. The third-order valence-corrected chi connectivity index (χ3v) is 9.88. The van der Waals surface area contributed by atoms with Crippen molar-refractivity contribution in [2.75, 3.05) is 5.32 Å². The number of para-hydroxylation sites is 1. The molecule has 4 bridgehead atoms. The SMILES string of the molecule is CCC(O)(CC)C(=O)N[C@H]1Cc2ccc3c(c2)C2(c4ccccc4N[C@H]2O3)c2oc(nc2-c2cc(C)nn2C)[C@H](C(C)C)NC1=O. The number of benzene rings is 2.